The second kappa shape index (κ2) is 8.49. The number of nitrogens with one attached hydrogen (secondary N) is 2. The molecule has 1 aromatic heterocycles. The van der Waals surface area contributed by atoms with Crippen LogP contribution in [0.3, 0.4) is 0 Å². The molecule has 0 aliphatic carbocycles. The van der Waals surface area contributed by atoms with Crippen molar-refractivity contribution >= 4 is 5.91 Å². The van der Waals surface area contributed by atoms with E-state index in [0.717, 1.165) is 29.8 Å². The van der Waals surface area contributed by atoms with Crippen molar-refractivity contribution in [1.29, 1.82) is 0 Å². The summed E-state index contributed by atoms with van der Waals surface area (Å²) in [4.78, 5) is 15.5. The number of halogens is 3. The largest absolute Gasteiger partial charge is 0.386 e. The molecule has 1 saturated heterocycles. The molecule has 0 saturated carbocycles. The van der Waals surface area contributed by atoms with Crippen LogP contribution in [0.15, 0.2) is 42.6 Å². The molecule has 2 aromatic rings. The SMILES string of the molecule is O=C(NC(CF)C(O)c1ccc(-c2ccc(C3CCN3)nc2)cc1)C(F)F. The number of aliphatic hydroxyl groups is 1. The van der Waals surface area contributed by atoms with Crippen molar-refractivity contribution in [3.63, 3.8) is 0 Å². The minimum absolute atomic E-state index is 0.303. The normalized spacial score (nSPS) is 18.6. The van der Waals surface area contributed by atoms with Gasteiger partial charge in [0.2, 0.25) is 0 Å². The standard InChI is InChI=1S/C19H20F3N3O2/c20-9-16(25-19(27)18(21)22)17(26)12-3-1-11(2-4-12)13-5-6-14(24-10-13)15-7-8-23-15/h1-6,10,15-18,23,26H,7-9H2,(H,25,27). The molecule has 3 rings (SSSR count). The summed E-state index contributed by atoms with van der Waals surface area (Å²) in [5, 5.41) is 15.3. The van der Waals surface area contributed by atoms with E-state index in [1.165, 1.54) is 0 Å². The fourth-order valence-electron chi connectivity index (χ4n) is 2.88. The smallest absolute Gasteiger partial charge is 0.315 e. The van der Waals surface area contributed by atoms with Gasteiger partial charge in [0, 0.05) is 11.8 Å². The van der Waals surface area contributed by atoms with Gasteiger partial charge in [-0.2, -0.15) is 8.78 Å². The van der Waals surface area contributed by atoms with Gasteiger partial charge in [0.1, 0.15) is 12.8 Å². The summed E-state index contributed by atoms with van der Waals surface area (Å²) < 4.78 is 37.7. The quantitative estimate of drug-likeness (QED) is 0.691. The summed E-state index contributed by atoms with van der Waals surface area (Å²) in [7, 11) is 0. The highest BCUT2D eigenvalue weighted by molar-refractivity contribution is 5.79. The summed E-state index contributed by atoms with van der Waals surface area (Å²) in [6, 6.07) is 9.35. The number of alkyl halides is 3. The maximum absolute atomic E-state index is 13.1. The Kier molecular flexibility index (Phi) is 6.08. The molecule has 1 amide bonds. The predicted octanol–water partition coefficient (Wildman–Crippen LogP) is 2.54. The van der Waals surface area contributed by atoms with Crippen LogP contribution in [-0.2, 0) is 4.79 Å². The first-order valence-electron chi connectivity index (χ1n) is 8.62. The van der Waals surface area contributed by atoms with E-state index >= 15 is 0 Å². The lowest BCUT2D eigenvalue weighted by Gasteiger charge is -2.27. The fourth-order valence-corrected chi connectivity index (χ4v) is 2.88. The first-order valence-corrected chi connectivity index (χ1v) is 8.62. The molecule has 0 radical (unpaired) electrons. The minimum Gasteiger partial charge on any atom is -0.386 e. The second-order valence-electron chi connectivity index (χ2n) is 6.40. The molecule has 1 aliphatic heterocycles. The average molecular weight is 379 g/mol. The maximum Gasteiger partial charge on any atom is 0.315 e. The van der Waals surface area contributed by atoms with Crippen LogP contribution >= 0.6 is 0 Å². The summed E-state index contributed by atoms with van der Waals surface area (Å²) in [5.74, 6) is -1.61. The Bertz CT molecular complexity index is 765. The van der Waals surface area contributed by atoms with Gasteiger partial charge in [0.05, 0.1) is 17.8 Å². The summed E-state index contributed by atoms with van der Waals surface area (Å²) in [6.07, 6.45) is -1.87. The van der Waals surface area contributed by atoms with E-state index in [0.29, 0.717) is 11.6 Å². The summed E-state index contributed by atoms with van der Waals surface area (Å²) in [5.41, 5.74) is 3.03. The third-order valence-corrected chi connectivity index (χ3v) is 4.63. The predicted molar refractivity (Wildman–Crippen MR) is 93.9 cm³/mol. The first kappa shape index (κ1) is 19.3. The maximum atomic E-state index is 13.1. The number of rotatable bonds is 7. The van der Waals surface area contributed by atoms with Crippen LogP contribution in [0, 0.1) is 0 Å². The van der Waals surface area contributed by atoms with E-state index in [2.05, 4.69) is 10.3 Å². The van der Waals surface area contributed by atoms with Crippen LogP contribution in [0.25, 0.3) is 11.1 Å². The molecule has 2 heterocycles. The Labute approximate surface area is 154 Å². The fraction of sp³-hybridized carbons (Fsp3) is 0.368. The number of carbonyl (C=O) groups excluding carboxylic acids is 1. The van der Waals surface area contributed by atoms with Crippen LogP contribution in [0.1, 0.15) is 29.8 Å². The molecule has 144 valence electrons. The van der Waals surface area contributed by atoms with E-state index in [4.69, 9.17) is 0 Å². The van der Waals surface area contributed by atoms with Crippen molar-refractivity contribution in [3.05, 3.63) is 53.9 Å². The molecule has 1 aromatic carbocycles. The van der Waals surface area contributed by atoms with Gasteiger partial charge in [0.15, 0.2) is 0 Å². The first-order chi connectivity index (χ1) is 13.0. The van der Waals surface area contributed by atoms with Crippen molar-refractivity contribution in [2.24, 2.45) is 0 Å². The number of nitrogens with zero attached hydrogens (tertiary/aromatic N) is 1. The van der Waals surface area contributed by atoms with E-state index < -0.39 is 31.2 Å². The number of aliphatic hydroxyl groups excluding tert-OH is 1. The highest BCUT2D eigenvalue weighted by atomic mass is 19.3. The van der Waals surface area contributed by atoms with Crippen LogP contribution in [0.5, 0.6) is 0 Å². The number of hydrogen-bond acceptors (Lipinski definition) is 4. The molecule has 27 heavy (non-hydrogen) atoms. The van der Waals surface area contributed by atoms with E-state index in [1.807, 2.05) is 17.4 Å². The Morgan fingerprint density at radius 3 is 2.37 bits per heavy atom. The zero-order valence-electron chi connectivity index (χ0n) is 14.4. The van der Waals surface area contributed by atoms with Crippen LogP contribution < -0.4 is 10.6 Å². The van der Waals surface area contributed by atoms with Gasteiger partial charge < -0.3 is 15.7 Å². The highest BCUT2D eigenvalue weighted by Crippen LogP contribution is 2.26. The molecule has 3 unspecified atom stereocenters. The van der Waals surface area contributed by atoms with Crippen LogP contribution in [-0.4, -0.2) is 41.7 Å². The van der Waals surface area contributed by atoms with Gasteiger partial charge in [-0.1, -0.05) is 30.3 Å². The monoisotopic (exact) mass is 379 g/mol. The Balaban J connectivity index is 1.69. The van der Waals surface area contributed by atoms with Gasteiger partial charge >= 0.3 is 6.43 Å². The van der Waals surface area contributed by atoms with Gasteiger partial charge in [0.25, 0.3) is 5.91 Å². The molecule has 3 N–H and O–H groups in total. The summed E-state index contributed by atoms with van der Waals surface area (Å²) in [6.45, 7) is -0.169. The highest BCUT2D eigenvalue weighted by Gasteiger charge is 2.26. The molecule has 1 aliphatic rings. The van der Waals surface area contributed by atoms with Crippen LogP contribution in [0.2, 0.25) is 0 Å². The van der Waals surface area contributed by atoms with E-state index in [-0.39, 0.29) is 0 Å². The molecule has 0 bridgehead atoms. The van der Waals surface area contributed by atoms with Crippen molar-refractivity contribution in [2.75, 3.05) is 13.2 Å². The van der Waals surface area contributed by atoms with Gasteiger partial charge in [-0.05, 0) is 30.2 Å². The number of pyridine rings is 1. The zero-order chi connectivity index (χ0) is 19.4. The van der Waals surface area contributed by atoms with Crippen LogP contribution in [0.4, 0.5) is 13.2 Å². The van der Waals surface area contributed by atoms with Gasteiger partial charge in [-0.15, -0.1) is 0 Å². The topological polar surface area (TPSA) is 74.2 Å². The molecule has 3 atom stereocenters. The molecule has 8 heteroatoms. The van der Waals surface area contributed by atoms with E-state index in [9.17, 15) is 23.1 Å². The molecular weight excluding hydrogens is 359 g/mol. The van der Waals surface area contributed by atoms with Gasteiger partial charge in [-0.25, -0.2) is 4.39 Å². The van der Waals surface area contributed by atoms with Crippen molar-refractivity contribution in [1.82, 2.24) is 15.6 Å². The lowest BCUT2D eigenvalue weighted by molar-refractivity contribution is -0.133. The number of carbonyl (C=O) groups is 1. The Morgan fingerprint density at radius 2 is 1.89 bits per heavy atom. The molecule has 1 fully saturated rings. The number of hydrogen-bond donors (Lipinski definition) is 3. The van der Waals surface area contributed by atoms with Crippen molar-refractivity contribution in [2.45, 2.75) is 31.0 Å². The molecule has 5 nitrogen and oxygen atoms in total. The lowest BCUT2D eigenvalue weighted by atomic mass is 9.98. The van der Waals surface area contributed by atoms with E-state index in [1.54, 1.807) is 30.5 Å². The third kappa shape index (κ3) is 4.45. The number of amides is 1. The lowest BCUT2D eigenvalue weighted by Crippen LogP contribution is -2.43. The molecular formula is C19H20F3N3O2. The number of aromatic nitrogens is 1. The molecule has 0 spiro atoms. The number of benzene rings is 1. The Morgan fingerprint density at radius 1 is 1.22 bits per heavy atom. The summed E-state index contributed by atoms with van der Waals surface area (Å²) >= 11 is 0. The minimum atomic E-state index is -3.26. The second-order valence-corrected chi connectivity index (χ2v) is 6.40. The van der Waals surface area contributed by atoms with Gasteiger partial charge in [-0.3, -0.25) is 9.78 Å². The Hall–Kier alpha value is -2.45. The average Bonchev–Trinajstić information content (AvgIpc) is 2.64. The van der Waals surface area contributed by atoms with Crippen molar-refractivity contribution < 1.29 is 23.1 Å². The van der Waals surface area contributed by atoms with Crippen molar-refractivity contribution in [3.8, 4) is 11.1 Å². The zero-order valence-corrected chi connectivity index (χ0v) is 14.4. The third-order valence-electron chi connectivity index (χ3n) is 4.63.